The highest BCUT2D eigenvalue weighted by Gasteiger charge is 2.51. The van der Waals surface area contributed by atoms with Gasteiger partial charge in [0, 0.05) is 41.6 Å². The number of hydrogen-bond acceptors (Lipinski definition) is 20. The van der Waals surface area contributed by atoms with Gasteiger partial charge in [-0.25, -0.2) is 9.59 Å². The maximum Gasteiger partial charge on any atom is 0.407 e. The maximum atomic E-state index is 14.0. The van der Waals surface area contributed by atoms with Gasteiger partial charge in [0.15, 0.2) is 30.6 Å². The Kier molecular flexibility index (Phi) is 14.5. The standard InChI is InChI=1S/C46H48N2O20/c1-4-12-64-44(60)43-42(59)41(58)38(55)26(68-43)14-29(51)47-21-10-8-20(9-11-21)18-65-45(61)48-24-13-30(66-19(2)35(24)52)67-27-16-46(62,28(50)17-49)15-23-32(27)40(57)34-33(37(23)54)36(53)22-6-5-7-25(63-3)31(22)39(34)56/h1,5-11,19,24,26-27,30,35,38,41-43,49,52,54-55,57-59,62H,12-18H2,2-3H3,(H,47,51)(H,48,61)/t19-,24-,26-,27-,30-,35+,38-,41+,42-,43-,46-/m0/s1. The second-order valence-corrected chi connectivity index (χ2v) is 16.7. The Bertz CT molecular complexity index is 2540. The number of terminal acetylenes is 1. The van der Waals surface area contributed by atoms with Crippen molar-refractivity contribution in [2.75, 3.05) is 25.6 Å². The molecule has 7 rings (SSSR count). The number of aromatic hydroxyl groups is 2. The molecule has 0 aromatic heterocycles. The number of anilines is 1. The van der Waals surface area contributed by atoms with Crippen LogP contribution in [0, 0.1) is 12.3 Å². The van der Waals surface area contributed by atoms with Crippen LogP contribution in [0.4, 0.5) is 10.5 Å². The van der Waals surface area contributed by atoms with E-state index in [-0.39, 0.29) is 46.7 Å². The van der Waals surface area contributed by atoms with Crippen LogP contribution in [0.2, 0.25) is 0 Å². The summed E-state index contributed by atoms with van der Waals surface area (Å²) in [4.78, 5) is 78.9. The highest BCUT2D eigenvalue weighted by atomic mass is 16.7. The lowest BCUT2D eigenvalue weighted by Crippen LogP contribution is -2.60. The van der Waals surface area contributed by atoms with E-state index >= 15 is 0 Å². The van der Waals surface area contributed by atoms with Crippen molar-refractivity contribution in [3.8, 4) is 29.6 Å². The number of carbonyl (C=O) groups excluding carboxylic acids is 6. The number of aliphatic hydroxyl groups excluding tert-OH is 5. The number of Topliss-reactive ketones (excluding diaryl/α,β-unsaturated/α-hetero) is 1. The summed E-state index contributed by atoms with van der Waals surface area (Å²) in [6.45, 7) is -0.399. The molecule has 10 N–H and O–H groups in total. The van der Waals surface area contributed by atoms with E-state index in [1.165, 1.54) is 56.5 Å². The Balaban J connectivity index is 1.00. The fourth-order valence-electron chi connectivity index (χ4n) is 8.79. The summed E-state index contributed by atoms with van der Waals surface area (Å²) >= 11 is 0. The summed E-state index contributed by atoms with van der Waals surface area (Å²) in [5, 5.41) is 91.8. The first-order chi connectivity index (χ1) is 32.3. The SMILES string of the molecule is C#CCOC(=O)[C@H]1O[C@@H](CC(=O)Nc2ccc(COC(=O)N[C@H]3C[C@H](O[C@H]4C[C@](O)(C(=O)CO)Cc5c(O)c6c(c(O)c54)C(=O)c4c(OC)cccc4C6=O)O[C@@H](C)[C@H]3O)cc2)[C@H](O)[C@@H](O)[C@@H]1O. The van der Waals surface area contributed by atoms with Gasteiger partial charge in [-0.3, -0.25) is 19.2 Å². The number of carbonyl (C=O) groups is 6. The van der Waals surface area contributed by atoms with Crippen LogP contribution in [0.3, 0.4) is 0 Å². The third-order valence-electron chi connectivity index (χ3n) is 12.3. The molecule has 4 aliphatic rings. The lowest BCUT2D eigenvalue weighted by Gasteiger charge is -2.42. The van der Waals surface area contributed by atoms with Crippen molar-refractivity contribution < 1.29 is 98.0 Å². The van der Waals surface area contributed by atoms with E-state index < -0.39 is 157 Å². The van der Waals surface area contributed by atoms with Crippen LogP contribution in [0.25, 0.3) is 0 Å². The Labute approximate surface area is 386 Å². The molecule has 0 unspecified atom stereocenters. The molecule has 2 aliphatic heterocycles. The van der Waals surface area contributed by atoms with Gasteiger partial charge in [0.2, 0.25) is 11.7 Å². The summed E-state index contributed by atoms with van der Waals surface area (Å²) in [6, 6.07) is 9.07. The van der Waals surface area contributed by atoms with Gasteiger partial charge < -0.3 is 79.9 Å². The Morgan fingerprint density at radius 3 is 2.28 bits per heavy atom. The normalized spacial score (nSPS) is 28.5. The Morgan fingerprint density at radius 2 is 1.60 bits per heavy atom. The van der Waals surface area contributed by atoms with E-state index in [1.54, 1.807) is 0 Å². The van der Waals surface area contributed by atoms with Gasteiger partial charge in [0.05, 0.1) is 54.6 Å². The first-order valence-corrected chi connectivity index (χ1v) is 21.2. The van der Waals surface area contributed by atoms with Crippen LogP contribution in [0.5, 0.6) is 17.2 Å². The minimum Gasteiger partial charge on any atom is -0.507 e. The van der Waals surface area contributed by atoms with Crippen LogP contribution >= 0.6 is 0 Å². The lowest BCUT2D eigenvalue weighted by atomic mass is 9.72. The molecule has 22 nitrogen and oxygen atoms in total. The number of phenolic OH excluding ortho intramolecular Hbond substituents is 2. The molecule has 2 aliphatic carbocycles. The molecule has 2 saturated heterocycles. The molecule has 0 radical (unpaired) electrons. The molecule has 2 heterocycles. The quantitative estimate of drug-likeness (QED) is 0.0451. The fraction of sp³-hybridized carbons (Fsp3) is 0.435. The highest BCUT2D eigenvalue weighted by Crippen LogP contribution is 2.52. The third-order valence-corrected chi connectivity index (χ3v) is 12.3. The zero-order valence-electron chi connectivity index (χ0n) is 36.3. The number of phenols is 2. The number of rotatable bonds is 13. The van der Waals surface area contributed by atoms with E-state index in [2.05, 4.69) is 16.6 Å². The monoisotopic (exact) mass is 948 g/mol. The number of methoxy groups -OCH3 is 1. The van der Waals surface area contributed by atoms with E-state index in [9.17, 15) is 69.6 Å². The van der Waals surface area contributed by atoms with Gasteiger partial charge in [0.25, 0.3) is 0 Å². The van der Waals surface area contributed by atoms with Crippen LogP contribution in [-0.2, 0) is 51.1 Å². The molecular formula is C46H48N2O20. The Hall–Kier alpha value is -6.52. The van der Waals surface area contributed by atoms with Crippen molar-refractivity contribution >= 4 is 41.0 Å². The van der Waals surface area contributed by atoms with Gasteiger partial charge in [-0.2, -0.15) is 0 Å². The Morgan fingerprint density at radius 1 is 0.897 bits per heavy atom. The van der Waals surface area contributed by atoms with Gasteiger partial charge in [-0.05, 0) is 30.7 Å². The number of amides is 2. The summed E-state index contributed by atoms with van der Waals surface area (Å²) in [6.07, 6.45) is -11.9. The van der Waals surface area contributed by atoms with Crippen LogP contribution in [0.1, 0.15) is 80.8 Å². The molecule has 0 bridgehead atoms. The van der Waals surface area contributed by atoms with E-state index in [1.807, 2.05) is 0 Å². The number of hydrogen-bond donors (Lipinski definition) is 10. The van der Waals surface area contributed by atoms with Crippen molar-refractivity contribution in [3.05, 3.63) is 81.4 Å². The molecule has 68 heavy (non-hydrogen) atoms. The second kappa shape index (κ2) is 20.0. The second-order valence-electron chi connectivity index (χ2n) is 16.7. The van der Waals surface area contributed by atoms with Gasteiger partial charge >= 0.3 is 12.1 Å². The molecule has 22 heteroatoms. The zero-order chi connectivity index (χ0) is 49.4. The predicted molar refractivity (Wildman–Crippen MR) is 227 cm³/mol. The van der Waals surface area contributed by atoms with Crippen molar-refractivity contribution in [2.45, 2.75) is 106 Å². The van der Waals surface area contributed by atoms with Crippen molar-refractivity contribution in [1.29, 1.82) is 0 Å². The minimum atomic E-state index is -2.41. The summed E-state index contributed by atoms with van der Waals surface area (Å²) in [7, 11) is 1.28. The zero-order valence-corrected chi connectivity index (χ0v) is 36.3. The maximum absolute atomic E-state index is 14.0. The number of esters is 1. The largest absolute Gasteiger partial charge is 0.507 e. The molecule has 3 aromatic rings. The first kappa shape index (κ1) is 49.4. The molecule has 0 saturated carbocycles. The van der Waals surface area contributed by atoms with E-state index in [0.717, 1.165) is 0 Å². The molecule has 2 amide bonds. The van der Waals surface area contributed by atoms with Crippen molar-refractivity contribution in [3.63, 3.8) is 0 Å². The molecule has 362 valence electrons. The number of benzene rings is 3. The summed E-state index contributed by atoms with van der Waals surface area (Å²) in [5.41, 5.74) is -3.70. The topological polar surface area (TPSA) is 344 Å². The molecule has 2 fully saturated rings. The fourth-order valence-corrected chi connectivity index (χ4v) is 8.79. The smallest absolute Gasteiger partial charge is 0.407 e. The number of ketones is 3. The van der Waals surface area contributed by atoms with E-state index in [0.29, 0.717) is 5.56 Å². The number of ether oxygens (including phenoxy) is 6. The summed E-state index contributed by atoms with van der Waals surface area (Å²) < 4.78 is 32.9. The van der Waals surface area contributed by atoms with E-state index in [4.69, 9.17) is 34.8 Å². The molecular weight excluding hydrogens is 900 g/mol. The van der Waals surface area contributed by atoms with Crippen molar-refractivity contribution in [2.24, 2.45) is 0 Å². The number of aliphatic hydroxyl groups is 6. The van der Waals surface area contributed by atoms with Gasteiger partial charge in [-0.1, -0.05) is 30.2 Å². The van der Waals surface area contributed by atoms with Crippen molar-refractivity contribution in [1.82, 2.24) is 5.32 Å². The number of alkyl carbamates (subject to hydrolysis) is 1. The average molecular weight is 949 g/mol. The third kappa shape index (κ3) is 9.48. The highest BCUT2D eigenvalue weighted by molar-refractivity contribution is 6.31. The van der Waals surface area contributed by atoms with Crippen LogP contribution in [0.15, 0.2) is 42.5 Å². The van der Waals surface area contributed by atoms with Gasteiger partial charge in [0.1, 0.15) is 60.5 Å². The number of nitrogens with one attached hydrogen (secondary N) is 2. The van der Waals surface area contributed by atoms with Gasteiger partial charge in [-0.15, -0.1) is 6.42 Å². The molecule has 0 spiro atoms. The predicted octanol–water partition coefficient (Wildman–Crippen LogP) is -0.676. The number of fused-ring (bicyclic) bond motifs is 3. The van der Waals surface area contributed by atoms with Crippen LogP contribution in [-0.4, -0.2) is 157 Å². The molecule has 11 atom stereocenters. The minimum absolute atomic E-state index is 0.0227. The lowest BCUT2D eigenvalue weighted by molar-refractivity contribution is -0.249. The molecule has 3 aromatic carbocycles. The summed E-state index contributed by atoms with van der Waals surface area (Å²) in [5.74, 6) is -4.08. The van der Waals surface area contributed by atoms with Crippen LogP contribution < -0.4 is 15.4 Å². The first-order valence-electron chi connectivity index (χ1n) is 21.2. The average Bonchev–Trinajstić information content (AvgIpc) is 3.31.